The third-order valence-electron chi connectivity index (χ3n) is 5.76. The maximum absolute atomic E-state index is 12.9. The fourth-order valence-corrected chi connectivity index (χ4v) is 3.89. The number of nitrogens with one attached hydrogen (secondary N) is 1. The first kappa shape index (κ1) is 21.5. The average Bonchev–Trinajstić information content (AvgIpc) is 3.13. The predicted molar refractivity (Wildman–Crippen MR) is 113 cm³/mol. The smallest absolute Gasteiger partial charge is 0.274 e. The number of aromatic nitrogens is 3. The molecule has 2 N–H and O–H groups in total. The largest absolute Gasteiger partial charge is 0.388 e. The number of likely N-dealkylation sites (tertiary alicyclic amines) is 1. The summed E-state index contributed by atoms with van der Waals surface area (Å²) in [6.07, 6.45) is 5.66. The van der Waals surface area contributed by atoms with Crippen LogP contribution in [0.25, 0.3) is 0 Å². The van der Waals surface area contributed by atoms with Crippen LogP contribution in [0.15, 0.2) is 30.6 Å². The van der Waals surface area contributed by atoms with Crippen molar-refractivity contribution in [2.45, 2.75) is 58.1 Å². The number of likely N-dealkylation sites (N-methyl/N-ethyl adjacent to an activating group) is 1. The van der Waals surface area contributed by atoms with Gasteiger partial charge in [-0.25, -0.2) is 0 Å². The maximum atomic E-state index is 12.9. The van der Waals surface area contributed by atoms with Crippen molar-refractivity contribution in [3.8, 4) is 0 Å². The van der Waals surface area contributed by atoms with Crippen molar-refractivity contribution >= 4 is 5.91 Å². The molecule has 3 heterocycles. The first-order chi connectivity index (χ1) is 13.9. The number of carbonyl (C=O) groups is 1. The van der Waals surface area contributed by atoms with Crippen LogP contribution in [-0.2, 0) is 6.54 Å². The Bertz CT molecular complexity index is 792. The quantitative estimate of drug-likeness (QED) is 0.748. The van der Waals surface area contributed by atoms with Gasteiger partial charge in [0.05, 0.1) is 5.60 Å². The Morgan fingerprint density at radius 3 is 2.72 bits per heavy atom. The van der Waals surface area contributed by atoms with E-state index in [4.69, 9.17) is 0 Å². The summed E-state index contributed by atoms with van der Waals surface area (Å²) in [6.45, 7) is 9.70. The summed E-state index contributed by atoms with van der Waals surface area (Å²) in [5.74, 6) is 0.250. The van der Waals surface area contributed by atoms with Gasteiger partial charge in [0, 0.05) is 44.3 Å². The number of nitrogens with zero attached hydrogens (tertiary/aromatic N) is 4. The lowest BCUT2D eigenvalue weighted by molar-refractivity contribution is -0.00928. The van der Waals surface area contributed by atoms with Gasteiger partial charge in [-0.05, 0) is 55.5 Å². The topological polar surface area (TPSA) is 85.4 Å². The molecule has 2 aromatic heterocycles. The molecule has 0 radical (unpaired) electrons. The summed E-state index contributed by atoms with van der Waals surface area (Å²) < 4.78 is 0. The molecule has 7 nitrogen and oxygen atoms in total. The number of H-pyrrole nitrogens is 1. The molecule has 0 aromatic carbocycles. The highest BCUT2D eigenvalue weighted by Gasteiger charge is 2.33. The summed E-state index contributed by atoms with van der Waals surface area (Å²) in [7, 11) is 0. The van der Waals surface area contributed by atoms with Gasteiger partial charge in [-0.15, -0.1) is 0 Å². The molecule has 158 valence electrons. The average molecular weight is 400 g/mol. The summed E-state index contributed by atoms with van der Waals surface area (Å²) in [6, 6.07) is 5.86. The maximum Gasteiger partial charge on any atom is 0.274 e. The molecular formula is C22H33N5O2. The number of carbonyl (C=O) groups excluding carboxylic acids is 1. The van der Waals surface area contributed by atoms with Crippen LogP contribution in [0, 0.1) is 0 Å². The number of hydrogen-bond donors (Lipinski definition) is 2. The third-order valence-corrected chi connectivity index (χ3v) is 5.76. The molecule has 1 aliphatic heterocycles. The van der Waals surface area contributed by atoms with Crippen LogP contribution >= 0.6 is 0 Å². The van der Waals surface area contributed by atoms with Gasteiger partial charge in [0.2, 0.25) is 0 Å². The number of aromatic amines is 1. The van der Waals surface area contributed by atoms with E-state index < -0.39 is 5.60 Å². The molecule has 0 spiro atoms. The lowest BCUT2D eigenvalue weighted by Gasteiger charge is -2.33. The van der Waals surface area contributed by atoms with Gasteiger partial charge in [-0.3, -0.25) is 19.8 Å². The zero-order valence-electron chi connectivity index (χ0n) is 17.8. The van der Waals surface area contributed by atoms with E-state index in [2.05, 4.69) is 40.9 Å². The lowest BCUT2D eigenvalue weighted by Crippen LogP contribution is -2.43. The first-order valence-electron chi connectivity index (χ1n) is 10.6. The van der Waals surface area contributed by atoms with Crippen LogP contribution in [-0.4, -0.2) is 67.8 Å². The van der Waals surface area contributed by atoms with Gasteiger partial charge in [0.15, 0.2) is 0 Å². The molecule has 0 saturated carbocycles. The minimum atomic E-state index is -0.785. The van der Waals surface area contributed by atoms with Gasteiger partial charge in [0.25, 0.3) is 5.91 Å². The van der Waals surface area contributed by atoms with Gasteiger partial charge in [0.1, 0.15) is 5.69 Å². The second-order valence-electron chi connectivity index (χ2n) is 8.39. The van der Waals surface area contributed by atoms with Gasteiger partial charge >= 0.3 is 0 Å². The molecule has 2 aromatic rings. The van der Waals surface area contributed by atoms with Crippen LogP contribution < -0.4 is 0 Å². The zero-order valence-corrected chi connectivity index (χ0v) is 17.8. The number of aliphatic hydroxyl groups is 1. The zero-order chi connectivity index (χ0) is 20.9. The minimum absolute atomic E-state index is 0.0541. The molecule has 7 heteroatoms. The Morgan fingerprint density at radius 1 is 1.31 bits per heavy atom. The van der Waals surface area contributed by atoms with Crippen LogP contribution in [0.2, 0.25) is 0 Å². The Labute approximate surface area is 173 Å². The Kier molecular flexibility index (Phi) is 7.03. The van der Waals surface area contributed by atoms with Crippen molar-refractivity contribution in [3.05, 3.63) is 47.5 Å². The number of rotatable bonds is 7. The van der Waals surface area contributed by atoms with E-state index in [1.54, 1.807) is 12.4 Å². The van der Waals surface area contributed by atoms with E-state index in [-0.39, 0.29) is 5.91 Å². The van der Waals surface area contributed by atoms with Crippen molar-refractivity contribution in [1.29, 1.82) is 0 Å². The molecule has 1 amide bonds. The van der Waals surface area contributed by atoms with Gasteiger partial charge in [-0.1, -0.05) is 20.8 Å². The van der Waals surface area contributed by atoms with E-state index >= 15 is 0 Å². The van der Waals surface area contributed by atoms with Gasteiger partial charge < -0.3 is 10.0 Å². The Morgan fingerprint density at radius 2 is 2.07 bits per heavy atom. The molecule has 29 heavy (non-hydrogen) atoms. The normalized spacial score (nSPS) is 20.3. The fraction of sp³-hybridized carbons (Fsp3) is 0.591. The van der Waals surface area contributed by atoms with Gasteiger partial charge in [-0.2, -0.15) is 5.10 Å². The van der Waals surface area contributed by atoms with Crippen LogP contribution in [0.1, 0.15) is 67.7 Å². The highest BCUT2D eigenvalue weighted by molar-refractivity contribution is 5.92. The van der Waals surface area contributed by atoms with E-state index in [9.17, 15) is 9.90 Å². The van der Waals surface area contributed by atoms with Crippen LogP contribution in [0.4, 0.5) is 0 Å². The number of hydrogen-bond acceptors (Lipinski definition) is 5. The minimum Gasteiger partial charge on any atom is -0.388 e. The molecule has 0 aliphatic carbocycles. The molecule has 1 fully saturated rings. The molecular weight excluding hydrogens is 366 g/mol. The molecule has 1 saturated heterocycles. The van der Waals surface area contributed by atoms with Crippen molar-refractivity contribution in [3.63, 3.8) is 0 Å². The standard InChI is InChI=1S/C22H33N5O2/c1-4-26(15-18-6-10-23-11-7-18)16-22(29)8-5-12-27(13-9-22)21(28)20-14-19(17(2)3)24-25-20/h6-7,10-11,14,17,29H,4-5,8-9,12-13,15-16H2,1-3H3,(H,24,25). The van der Waals surface area contributed by atoms with Crippen LogP contribution in [0.3, 0.4) is 0 Å². The van der Waals surface area contributed by atoms with Crippen molar-refractivity contribution in [2.75, 3.05) is 26.2 Å². The monoisotopic (exact) mass is 399 g/mol. The van der Waals surface area contributed by atoms with E-state index in [1.807, 2.05) is 23.1 Å². The van der Waals surface area contributed by atoms with Crippen molar-refractivity contribution in [2.24, 2.45) is 0 Å². The fourth-order valence-electron chi connectivity index (χ4n) is 3.89. The van der Waals surface area contributed by atoms with E-state index in [0.29, 0.717) is 44.1 Å². The highest BCUT2D eigenvalue weighted by atomic mass is 16.3. The summed E-state index contributed by atoms with van der Waals surface area (Å²) in [5.41, 5.74) is 1.84. The highest BCUT2D eigenvalue weighted by Crippen LogP contribution is 2.25. The summed E-state index contributed by atoms with van der Waals surface area (Å²) in [4.78, 5) is 21.0. The first-order valence-corrected chi connectivity index (χ1v) is 10.6. The van der Waals surface area contributed by atoms with Crippen molar-refractivity contribution in [1.82, 2.24) is 25.0 Å². The molecule has 1 atom stereocenters. The van der Waals surface area contributed by atoms with E-state index in [0.717, 1.165) is 25.2 Å². The second kappa shape index (κ2) is 9.50. The molecule has 0 bridgehead atoms. The third kappa shape index (κ3) is 5.64. The number of amides is 1. The lowest BCUT2D eigenvalue weighted by atomic mass is 9.94. The molecule has 1 aliphatic rings. The summed E-state index contributed by atoms with van der Waals surface area (Å²) >= 11 is 0. The van der Waals surface area contributed by atoms with Crippen LogP contribution in [0.5, 0.6) is 0 Å². The van der Waals surface area contributed by atoms with E-state index in [1.165, 1.54) is 5.56 Å². The second-order valence-corrected chi connectivity index (χ2v) is 8.39. The predicted octanol–water partition coefficient (Wildman–Crippen LogP) is 2.81. The Balaban J connectivity index is 1.60. The number of pyridine rings is 1. The SMILES string of the molecule is CCN(Cc1ccncc1)CC1(O)CCCN(C(=O)c2cc(C(C)C)[nH]n2)CC1. The molecule has 3 rings (SSSR count). The molecule has 1 unspecified atom stereocenters. The Hall–Kier alpha value is -2.25. The summed E-state index contributed by atoms with van der Waals surface area (Å²) in [5, 5.41) is 18.4. The van der Waals surface area contributed by atoms with Crippen molar-refractivity contribution < 1.29 is 9.90 Å².